The standard InChI is InChI=1S/C13H22N4O2/c1-4-6-8-17-11(14)10(12(18)16-13(17)19)15-9(3)7-5-2/h5,9,15H,2,4,6-8,14H2,1,3H3,(H,16,18,19). The normalized spacial score (nSPS) is 12.1. The highest BCUT2D eigenvalue weighted by Gasteiger charge is 2.13. The Morgan fingerprint density at radius 2 is 2.21 bits per heavy atom. The molecule has 1 aromatic heterocycles. The second-order valence-corrected chi connectivity index (χ2v) is 4.59. The summed E-state index contributed by atoms with van der Waals surface area (Å²) in [5.74, 6) is 0.193. The molecule has 4 N–H and O–H groups in total. The molecule has 1 heterocycles. The number of aromatic amines is 1. The topological polar surface area (TPSA) is 92.9 Å². The Morgan fingerprint density at radius 3 is 2.79 bits per heavy atom. The maximum Gasteiger partial charge on any atom is 0.330 e. The second-order valence-electron chi connectivity index (χ2n) is 4.59. The predicted octanol–water partition coefficient (Wildman–Crippen LogP) is 1.30. The van der Waals surface area contributed by atoms with Crippen molar-refractivity contribution in [3.05, 3.63) is 33.5 Å². The number of nitrogens with one attached hydrogen (secondary N) is 2. The van der Waals surface area contributed by atoms with Gasteiger partial charge in [-0.05, 0) is 19.8 Å². The van der Waals surface area contributed by atoms with Crippen LogP contribution in [0.4, 0.5) is 11.5 Å². The van der Waals surface area contributed by atoms with E-state index in [1.165, 1.54) is 4.57 Å². The molecule has 0 bridgehead atoms. The quantitative estimate of drug-likeness (QED) is 0.648. The van der Waals surface area contributed by atoms with Crippen molar-refractivity contribution >= 4 is 11.5 Å². The fraction of sp³-hybridized carbons (Fsp3) is 0.538. The number of unbranched alkanes of at least 4 members (excludes halogenated alkanes) is 1. The zero-order valence-electron chi connectivity index (χ0n) is 11.5. The van der Waals surface area contributed by atoms with Crippen LogP contribution < -0.4 is 22.3 Å². The van der Waals surface area contributed by atoms with Gasteiger partial charge in [-0.25, -0.2) is 4.79 Å². The minimum Gasteiger partial charge on any atom is -0.383 e. The lowest BCUT2D eigenvalue weighted by molar-refractivity contribution is 0.604. The molecule has 1 rings (SSSR count). The first-order chi connectivity index (χ1) is 9.01. The van der Waals surface area contributed by atoms with Crippen LogP contribution in [0, 0.1) is 0 Å². The summed E-state index contributed by atoms with van der Waals surface area (Å²) in [6, 6.07) is 0.0260. The Kier molecular flexibility index (Phi) is 5.41. The lowest BCUT2D eigenvalue weighted by atomic mass is 10.2. The fourth-order valence-corrected chi connectivity index (χ4v) is 1.82. The van der Waals surface area contributed by atoms with Crippen LogP contribution in [0.1, 0.15) is 33.1 Å². The van der Waals surface area contributed by atoms with Gasteiger partial charge in [-0.2, -0.15) is 0 Å². The van der Waals surface area contributed by atoms with E-state index in [1.807, 2.05) is 13.8 Å². The van der Waals surface area contributed by atoms with Gasteiger partial charge in [0.2, 0.25) is 0 Å². The first-order valence-corrected chi connectivity index (χ1v) is 6.51. The summed E-state index contributed by atoms with van der Waals surface area (Å²) in [5, 5.41) is 3.02. The number of hydrogen-bond donors (Lipinski definition) is 3. The first-order valence-electron chi connectivity index (χ1n) is 6.51. The number of rotatable bonds is 7. The Morgan fingerprint density at radius 1 is 1.53 bits per heavy atom. The van der Waals surface area contributed by atoms with E-state index in [9.17, 15) is 9.59 Å². The number of anilines is 2. The monoisotopic (exact) mass is 266 g/mol. The van der Waals surface area contributed by atoms with Crippen LogP contribution in [0.25, 0.3) is 0 Å². The van der Waals surface area contributed by atoms with E-state index >= 15 is 0 Å². The zero-order chi connectivity index (χ0) is 14.4. The Balaban J connectivity index is 3.13. The summed E-state index contributed by atoms with van der Waals surface area (Å²) >= 11 is 0. The molecule has 0 fully saturated rings. The summed E-state index contributed by atoms with van der Waals surface area (Å²) in [6.07, 6.45) is 4.24. The molecule has 0 saturated carbocycles. The summed E-state index contributed by atoms with van der Waals surface area (Å²) in [4.78, 5) is 25.8. The van der Waals surface area contributed by atoms with Crippen molar-refractivity contribution in [2.75, 3.05) is 11.1 Å². The highest BCUT2D eigenvalue weighted by atomic mass is 16.2. The number of nitrogen functional groups attached to an aromatic ring is 1. The van der Waals surface area contributed by atoms with Crippen molar-refractivity contribution in [1.29, 1.82) is 0 Å². The molecular formula is C13H22N4O2. The highest BCUT2D eigenvalue weighted by molar-refractivity contribution is 5.60. The smallest absolute Gasteiger partial charge is 0.330 e. The van der Waals surface area contributed by atoms with Crippen molar-refractivity contribution in [3.63, 3.8) is 0 Å². The van der Waals surface area contributed by atoms with Gasteiger partial charge < -0.3 is 11.1 Å². The predicted molar refractivity (Wildman–Crippen MR) is 78.5 cm³/mol. The van der Waals surface area contributed by atoms with Gasteiger partial charge in [0.1, 0.15) is 11.5 Å². The lowest BCUT2D eigenvalue weighted by Crippen LogP contribution is -2.35. The molecule has 19 heavy (non-hydrogen) atoms. The molecule has 1 aromatic rings. The SMILES string of the molecule is C=CCC(C)Nc1c(N)n(CCCC)c(=O)[nH]c1=O. The van der Waals surface area contributed by atoms with Crippen LogP contribution in [0.3, 0.4) is 0 Å². The largest absolute Gasteiger partial charge is 0.383 e. The maximum absolute atomic E-state index is 11.8. The maximum atomic E-state index is 11.8. The van der Waals surface area contributed by atoms with E-state index in [1.54, 1.807) is 6.08 Å². The molecule has 0 aliphatic heterocycles. The Hall–Kier alpha value is -1.98. The van der Waals surface area contributed by atoms with Gasteiger partial charge in [0, 0.05) is 12.6 Å². The van der Waals surface area contributed by atoms with Crippen molar-refractivity contribution < 1.29 is 0 Å². The van der Waals surface area contributed by atoms with Gasteiger partial charge in [-0.3, -0.25) is 14.3 Å². The van der Waals surface area contributed by atoms with Gasteiger partial charge >= 0.3 is 5.69 Å². The molecule has 1 atom stereocenters. The molecule has 0 radical (unpaired) electrons. The zero-order valence-corrected chi connectivity index (χ0v) is 11.5. The molecule has 6 nitrogen and oxygen atoms in total. The van der Waals surface area contributed by atoms with Crippen molar-refractivity contribution in [1.82, 2.24) is 9.55 Å². The van der Waals surface area contributed by atoms with Crippen LogP contribution in [0.15, 0.2) is 22.2 Å². The number of nitrogens with two attached hydrogens (primary N) is 1. The molecule has 0 spiro atoms. The summed E-state index contributed by atoms with van der Waals surface area (Å²) in [7, 11) is 0. The van der Waals surface area contributed by atoms with Gasteiger partial charge in [-0.15, -0.1) is 6.58 Å². The third-order valence-corrected chi connectivity index (χ3v) is 2.89. The molecular weight excluding hydrogens is 244 g/mol. The lowest BCUT2D eigenvalue weighted by Gasteiger charge is -2.17. The van der Waals surface area contributed by atoms with Gasteiger partial charge in [-0.1, -0.05) is 19.4 Å². The summed E-state index contributed by atoms with van der Waals surface area (Å²) < 4.78 is 1.40. The van der Waals surface area contributed by atoms with Gasteiger partial charge in [0.05, 0.1) is 0 Å². The van der Waals surface area contributed by atoms with Crippen LogP contribution in [-0.4, -0.2) is 15.6 Å². The van der Waals surface area contributed by atoms with Gasteiger partial charge in [0.25, 0.3) is 5.56 Å². The number of H-pyrrole nitrogens is 1. The highest BCUT2D eigenvalue weighted by Crippen LogP contribution is 2.13. The van der Waals surface area contributed by atoms with E-state index in [2.05, 4.69) is 16.9 Å². The third-order valence-electron chi connectivity index (χ3n) is 2.89. The molecule has 0 amide bonds. The second kappa shape index (κ2) is 6.82. The summed E-state index contributed by atoms with van der Waals surface area (Å²) in [6.45, 7) is 8.09. The molecule has 0 aliphatic rings. The summed E-state index contributed by atoms with van der Waals surface area (Å²) in [5.41, 5.74) is 5.24. The molecule has 0 saturated heterocycles. The molecule has 106 valence electrons. The van der Waals surface area contributed by atoms with Crippen LogP contribution >= 0.6 is 0 Å². The van der Waals surface area contributed by atoms with Crippen molar-refractivity contribution in [3.8, 4) is 0 Å². The van der Waals surface area contributed by atoms with Crippen LogP contribution in [0.2, 0.25) is 0 Å². The number of aromatic nitrogens is 2. The Labute approximate surface area is 112 Å². The minimum atomic E-state index is -0.480. The van der Waals surface area contributed by atoms with E-state index in [-0.39, 0.29) is 17.5 Å². The number of nitrogens with zero attached hydrogens (tertiary/aromatic N) is 1. The molecule has 0 aromatic carbocycles. The molecule has 1 unspecified atom stereocenters. The van der Waals surface area contributed by atoms with Gasteiger partial charge in [0.15, 0.2) is 0 Å². The molecule has 0 aliphatic carbocycles. The average Bonchev–Trinajstić information content (AvgIpc) is 2.34. The minimum absolute atomic E-state index is 0.0260. The van der Waals surface area contributed by atoms with Crippen molar-refractivity contribution in [2.45, 2.75) is 45.7 Å². The fourth-order valence-electron chi connectivity index (χ4n) is 1.82. The van der Waals surface area contributed by atoms with E-state index < -0.39 is 11.2 Å². The Bertz CT molecular complexity index is 545. The average molecular weight is 266 g/mol. The van der Waals surface area contributed by atoms with Crippen LogP contribution in [-0.2, 0) is 6.54 Å². The van der Waals surface area contributed by atoms with E-state index in [0.29, 0.717) is 13.0 Å². The number of hydrogen-bond acceptors (Lipinski definition) is 4. The van der Waals surface area contributed by atoms with E-state index in [0.717, 1.165) is 12.8 Å². The third kappa shape index (κ3) is 3.74. The van der Waals surface area contributed by atoms with E-state index in [4.69, 9.17) is 5.73 Å². The van der Waals surface area contributed by atoms with Crippen molar-refractivity contribution in [2.24, 2.45) is 0 Å². The molecule has 6 heteroatoms. The first kappa shape index (κ1) is 15.1. The van der Waals surface area contributed by atoms with Crippen LogP contribution in [0.5, 0.6) is 0 Å².